The van der Waals surface area contributed by atoms with Gasteiger partial charge in [-0.1, -0.05) is 12.1 Å². The minimum absolute atomic E-state index is 0.0770. The van der Waals surface area contributed by atoms with E-state index in [1.165, 1.54) is 30.2 Å². The first kappa shape index (κ1) is 19.2. The largest absolute Gasteiger partial charge is 0.417 e. The number of amides is 2. The first-order valence-electron chi connectivity index (χ1n) is 8.07. The van der Waals surface area contributed by atoms with Crippen LogP contribution in [0, 0.1) is 0 Å². The molecule has 0 aliphatic carbocycles. The van der Waals surface area contributed by atoms with E-state index >= 15 is 0 Å². The van der Waals surface area contributed by atoms with Crippen LogP contribution in [-0.2, 0) is 15.7 Å². The number of alkyl halides is 3. The van der Waals surface area contributed by atoms with Crippen LogP contribution in [0.2, 0.25) is 0 Å². The molecule has 5 nitrogen and oxygen atoms in total. The third kappa shape index (κ3) is 4.94. The van der Waals surface area contributed by atoms with Crippen molar-refractivity contribution in [2.75, 3.05) is 39.9 Å². The van der Waals surface area contributed by atoms with Crippen molar-refractivity contribution < 1.29 is 27.5 Å². The lowest BCUT2D eigenvalue weighted by molar-refractivity contribution is -0.138. The SMILES string of the molecule is COCCC(=O)N1CCCN(C(=O)c2ccccc2C(F)(F)F)CC1. The molecule has 8 heteroatoms. The zero-order valence-corrected chi connectivity index (χ0v) is 14.0. The molecule has 0 radical (unpaired) electrons. The zero-order valence-electron chi connectivity index (χ0n) is 14.0. The fourth-order valence-corrected chi connectivity index (χ4v) is 2.80. The van der Waals surface area contributed by atoms with Crippen LogP contribution in [0.15, 0.2) is 24.3 Å². The monoisotopic (exact) mass is 358 g/mol. The molecule has 1 heterocycles. The van der Waals surface area contributed by atoms with Crippen molar-refractivity contribution in [3.8, 4) is 0 Å². The van der Waals surface area contributed by atoms with E-state index < -0.39 is 17.6 Å². The Balaban J connectivity index is 2.08. The molecular weight excluding hydrogens is 337 g/mol. The van der Waals surface area contributed by atoms with E-state index in [-0.39, 0.29) is 24.4 Å². The highest BCUT2D eigenvalue weighted by atomic mass is 19.4. The molecule has 0 spiro atoms. The third-order valence-electron chi connectivity index (χ3n) is 4.12. The number of hydrogen-bond acceptors (Lipinski definition) is 3. The lowest BCUT2D eigenvalue weighted by atomic mass is 10.1. The van der Waals surface area contributed by atoms with Gasteiger partial charge < -0.3 is 14.5 Å². The Morgan fingerprint density at radius 3 is 2.40 bits per heavy atom. The third-order valence-corrected chi connectivity index (χ3v) is 4.12. The summed E-state index contributed by atoms with van der Waals surface area (Å²) < 4.78 is 44.2. The molecular formula is C17H21F3N2O3. The van der Waals surface area contributed by atoms with Crippen LogP contribution >= 0.6 is 0 Å². The van der Waals surface area contributed by atoms with Gasteiger partial charge in [-0.15, -0.1) is 0 Å². The number of halogens is 3. The summed E-state index contributed by atoms with van der Waals surface area (Å²) in [4.78, 5) is 27.6. The van der Waals surface area contributed by atoms with Crippen molar-refractivity contribution >= 4 is 11.8 Å². The summed E-state index contributed by atoms with van der Waals surface area (Å²) in [6.45, 7) is 1.63. The Morgan fingerprint density at radius 1 is 1.08 bits per heavy atom. The minimum atomic E-state index is -4.58. The number of hydrogen-bond donors (Lipinski definition) is 0. The number of carbonyl (C=O) groups excluding carboxylic acids is 2. The van der Waals surface area contributed by atoms with Gasteiger partial charge in [0, 0.05) is 33.3 Å². The zero-order chi connectivity index (χ0) is 18.4. The van der Waals surface area contributed by atoms with E-state index in [9.17, 15) is 22.8 Å². The van der Waals surface area contributed by atoms with E-state index in [4.69, 9.17) is 4.74 Å². The van der Waals surface area contributed by atoms with Crippen LogP contribution in [0.25, 0.3) is 0 Å². The van der Waals surface area contributed by atoms with Gasteiger partial charge in [-0.2, -0.15) is 13.2 Å². The molecule has 0 aromatic heterocycles. The lowest BCUT2D eigenvalue weighted by Gasteiger charge is -2.23. The average molecular weight is 358 g/mol. The van der Waals surface area contributed by atoms with E-state index in [1.807, 2.05) is 0 Å². The summed E-state index contributed by atoms with van der Waals surface area (Å²) in [6, 6.07) is 4.78. The van der Waals surface area contributed by atoms with Gasteiger partial charge in [0.15, 0.2) is 0 Å². The van der Waals surface area contributed by atoms with Crippen LogP contribution in [-0.4, -0.2) is 61.5 Å². The average Bonchev–Trinajstić information content (AvgIpc) is 2.84. The molecule has 1 aliphatic heterocycles. The normalized spacial score (nSPS) is 15.8. The second-order valence-corrected chi connectivity index (χ2v) is 5.81. The highest BCUT2D eigenvalue weighted by molar-refractivity contribution is 5.96. The second-order valence-electron chi connectivity index (χ2n) is 5.81. The molecule has 138 valence electrons. The van der Waals surface area contributed by atoms with E-state index in [1.54, 1.807) is 4.90 Å². The van der Waals surface area contributed by atoms with Gasteiger partial charge in [0.2, 0.25) is 5.91 Å². The molecule has 0 saturated carbocycles. The van der Waals surface area contributed by atoms with Gasteiger partial charge in [0.05, 0.1) is 24.2 Å². The van der Waals surface area contributed by atoms with Gasteiger partial charge in [0.1, 0.15) is 0 Å². The number of methoxy groups -OCH3 is 1. The summed E-state index contributed by atoms with van der Waals surface area (Å²) in [5.41, 5.74) is -1.29. The van der Waals surface area contributed by atoms with Gasteiger partial charge in [-0.3, -0.25) is 9.59 Å². The summed E-state index contributed by atoms with van der Waals surface area (Å²) >= 11 is 0. The first-order valence-corrected chi connectivity index (χ1v) is 8.07. The minimum Gasteiger partial charge on any atom is -0.384 e. The molecule has 0 atom stereocenters. The molecule has 1 aromatic carbocycles. The number of nitrogens with zero attached hydrogens (tertiary/aromatic N) is 2. The maximum Gasteiger partial charge on any atom is 0.417 e. The topological polar surface area (TPSA) is 49.9 Å². The number of carbonyl (C=O) groups is 2. The summed E-state index contributed by atoms with van der Waals surface area (Å²) in [6.07, 6.45) is -3.81. The fourth-order valence-electron chi connectivity index (χ4n) is 2.80. The molecule has 1 fully saturated rings. The Morgan fingerprint density at radius 2 is 1.72 bits per heavy atom. The highest BCUT2D eigenvalue weighted by Gasteiger charge is 2.36. The highest BCUT2D eigenvalue weighted by Crippen LogP contribution is 2.32. The van der Waals surface area contributed by atoms with E-state index in [2.05, 4.69) is 0 Å². The van der Waals surface area contributed by atoms with Gasteiger partial charge in [-0.05, 0) is 18.6 Å². The lowest BCUT2D eigenvalue weighted by Crippen LogP contribution is -2.38. The van der Waals surface area contributed by atoms with Crippen molar-refractivity contribution in [3.63, 3.8) is 0 Å². The number of benzene rings is 1. The van der Waals surface area contributed by atoms with Gasteiger partial charge >= 0.3 is 6.18 Å². The molecule has 0 N–H and O–H groups in total. The number of rotatable bonds is 4. The van der Waals surface area contributed by atoms with Crippen LogP contribution in [0.5, 0.6) is 0 Å². The quantitative estimate of drug-likeness (QED) is 0.831. The van der Waals surface area contributed by atoms with E-state index in [0.717, 1.165) is 6.07 Å². The smallest absolute Gasteiger partial charge is 0.384 e. The Bertz CT molecular complexity index is 619. The summed E-state index contributed by atoms with van der Waals surface area (Å²) in [5.74, 6) is -0.731. The predicted octanol–water partition coefficient (Wildman–Crippen LogP) is 2.42. The Kier molecular flexibility index (Phi) is 6.41. The molecule has 0 unspecified atom stereocenters. The molecule has 2 rings (SSSR count). The predicted molar refractivity (Wildman–Crippen MR) is 85.0 cm³/mol. The van der Waals surface area contributed by atoms with Gasteiger partial charge in [-0.25, -0.2) is 0 Å². The molecule has 2 amide bonds. The maximum absolute atomic E-state index is 13.1. The standard InChI is InChI=1S/C17H21F3N2O3/c1-25-12-7-15(23)21-8-4-9-22(11-10-21)16(24)13-5-2-3-6-14(13)17(18,19)20/h2-3,5-6H,4,7-12H2,1H3. The number of ether oxygens (including phenoxy) is 1. The molecule has 25 heavy (non-hydrogen) atoms. The molecule has 1 aliphatic rings. The Labute approximate surface area is 144 Å². The summed E-state index contributed by atoms with van der Waals surface area (Å²) in [7, 11) is 1.51. The van der Waals surface area contributed by atoms with Crippen LogP contribution in [0.1, 0.15) is 28.8 Å². The van der Waals surface area contributed by atoms with Crippen molar-refractivity contribution in [1.82, 2.24) is 9.80 Å². The summed E-state index contributed by atoms with van der Waals surface area (Å²) in [5, 5.41) is 0. The molecule has 0 bridgehead atoms. The van der Waals surface area contributed by atoms with Crippen molar-refractivity contribution in [2.24, 2.45) is 0 Å². The Hall–Kier alpha value is -2.09. The van der Waals surface area contributed by atoms with Crippen molar-refractivity contribution in [1.29, 1.82) is 0 Å². The molecule has 1 saturated heterocycles. The van der Waals surface area contributed by atoms with Crippen LogP contribution in [0.3, 0.4) is 0 Å². The fraction of sp³-hybridized carbons (Fsp3) is 0.529. The second kappa shape index (κ2) is 8.33. The molecule has 1 aromatic rings. The maximum atomic E-state index is 13.1. The van der Waals surface area contributed by atoms with Crippen molar-refractivity contribution in [3.05, 3.63) is 35.4 Å². The van der Waals surface area contributed by atoms with Crippen molar-refractivity contribution in [2.45, 2.75) is 19.0 Å². The van der Waals surface area contributed by atoms with E-state index in [0.29, 0.717) is 32.7 Å². The first-order chi connectivity index (χ1) is 11.8. The van der Waals surface area contributed by atoms with Gasteiger partial charge in [0.25, 0.3) is 5.91 Å². The van der Waals surface area contributed by atoms with Crippen LogP contribution in [0.4, 0.5) is 13.2 Å². The van der Waals surface area contributed by atoms with Crippen LogP contribution < -0.4 is 0 Å².